The molecule has 0 aromatic heterocycles. The lowest BCUT2D eigenvalue weighted by Gasteiger charge is -2.24. The van der Waals surface area contributed by atoms with E-state index >= 15 is 0 Å². The predicted molar refractivity (Wildman–Crippen MR) is 72.6 cm³/mol. The van der Waals surface area contributed by atoms with Gasteiger partial charge >= 0.3 is 0 Å². The van der Waals surface area contributed by atoms with Crippen LogP contribution in [0.3, 0.4) is 0 Å². The standard InChI is InChI=1S/C15H23NO/c1-6-16(11(2)3)10-15(17)14-8-7-12(4)9-13(14)5/h7-9,11H,6,10H2,1-5H3. The second-order valence-electron chi connectivity index (χ2n) is 4.90. The van der Waals surface area contributed by atoms with Crippen molar-refractivity contribution in [2.75, 3.05) is 13.1 Å². The third-order valence-electron chi connectivity index (χ3n) is 3.17. The summed E-state index contributed by atoms with van der Waals surface area (Å²) in [6.45, 7) is 11.8. The van der Waals surface area contributed by atoms with Crippen molar-refractivity contribution in [2.45, 2.75) is 40.7 Å². The van der Waals surface area contributed by atoms with Gasteiger partial charge in [0.05, 0.1) is 6.54 Å². The Morgan fingerprint density at radius 3 is 2.41 bits per heavy atom. The van der Waals surface area contributed by atoms with Crippen LogP contribution in [0, 0.1) is 13.8 Å². The second-order valence-corrected chi connectivity index (χ2v) is 4.90. The minimum Gasteiger partial charge on any atom is -0.294 e. The molecule has 94 valence electrons. The molecule has 0 spiro atoms. The number of benzene rings is 1. The zero-order valence-corrected chi connectivity index (χ0v) is 11.6. The fourth-order valence-electron chi connectivity index (χ4n) is 2.06. The van der Waals surface area contributed by atoms with Crippen LogP contribution in [-0.2, 0) is 0 Å². The molecule has 1 aromatic carbocycles. The smallest absolute Gasteiger partial charge is 0.177 e. The van der Waals surface area contributed by atoms with Gasteiger partial charge in [-0.15, -0.1) is 0 Å². The molecule has 1 rings (SSSR count). The Hall–Kier alpha value is -1.15. The van der Waals surface area contributed by atoms with Crippen LogP contribution in [0.2, 0.25) is 0 Å². The van der Waals surface area contributed by atoms with Crippen LogP contribution in [0.25, 0.3) is 0 Å². The van der Waals surface area contributed by atoms with Gasteiger partial charge in [-0.1, -0.05) is 30.7 Å². The molecule has 0 aliphatic rings. The topological polar surface area (TPSA) is 20.3 Å². The summed E-state index contributed by atoms with van der Waals surface area (Å²) in [7, 11) is 0. The summed E-state index contributed by atoms with van der Waals surface area (Å²) in [6.07, 6.45) is 0. The average Bonchev–Trinajstić information content (AvgIpc) is 2.24. The highest BCUT2D eigenvalue weighted by atomic mass is 16.1. The van der Waals surface area contributed by atoms with Crippen molar-refractivity contribution in [3.8, 4) is 0 Å². The maximum Gasteiger partial charge on any atom is 0.177 e. The monoisotopic (exact) mass is 233 g/mol. The molecule has 0 saturated carbocycles. The minimum atomic E-state index is 0.220. The van der Waals surface area contributed by atoms with Crippen molar-refractivity contribution in [1.82, 2.24) is 4.90 Å². The lowest BCUT2D eigenvalue weighted by molar-refractivity contribution is 0.0911. The first-order valence-corrected chi connectivity index (χ1v) is 6.30. The number of hydrogen-bond acceptors (Lipinski definition) is 2. The van der Waals surface area contributed by atoms with Gasteiger partial charge in [0.1, 0.15) is 0 Å². The summed E-state index contributed by atoms with van der Waals surface area (Å²) < 4.78 is 0. The quantitative estimate of drug-likeness (QED) is 0.728. The molecule has 0 radical (unpaired) electrons. The molecule has 0 atom stereocenters. The fourth-order valence-corrected chi connectivity index (χ4v) is 2.06. The van der Waals surface area contributed by atoms with Crippen molar-refractivity contribution in [3.63, 3.8) is 0 Å². The Morgan fingerprint density at radius 1 is 1.29 bits per heavy atom. The van der Waals surface area contributed by atoms with E-state index in [1.165, 1.54) is 5.56 Å². The molecule has 0 N–H and O–H groups in total. The lowest BCUT2D eigenvalue weighted by Crippen LogP contribution is -2.35. The number of carbonyl (C=O) groups excluding carboxylic acids is 1. The third-order valence-corrected chi connectivity index (χ3v) is 3.17. The van der Waals surface area contributed by atoms with Gasteiger partial charge in [-0.2, -0.15) is 0 Å². The first-order chi connectivity index (χ1) is 7.95. The van der Waals surface area contributed by atoms with E-state index in [1.54, 1.807) is 0 Å². The maximum absolute atomic E-state index is 12.2. The van der Waals surface area contributed by atoms with Crippen molar-refractivity contribution >= 4 is 5.78 Å². The first kappa shape index (κ1) is 13.9. The summed E-state index contributed by atoms with van der Waals surface area (Å²) >= 11 is 0. The fraction of sp³-hybridized carbons (Fsp3) is 0.533. The van der Waals surface area contributed by atoms with Crippen LogP contribution in [0.5, 0.6) is 0 Å². The molecule has 0 fully saturated rings. The van der Waals surface area contributed by atoms with Crippen molar-refractivity contribution in [1.29, 1.82) is 0 Å². The molecule has 0 bridgehead atoms. The highest BCUT2D eigenvalue weighted by Crippen LogP contribution is 2.12. The van der Waals surface area contributed by atoms with E-state index in [4.69, 9.17) is 0 Å². The molecule has 1 aromatic rings. The molecule has 0 saturated heterocycles. The predicted octanol–water partition coefficient (Wildman–Crippen LogP) is 3.22. The summed E-state index contributed by atoms with van der Waals surface area (Å²) in [5.41, 5.74) is 3.14. The third kappa shape index (κ3) is 3.67. The van der Waals surface area contributed by atoms with E-state index in [-0.39, 0.29) is 5.78 Å². The van der Waals surface area contributed by atoms with Crippen LogP contribution in [0.1, 0.15) is 42.3 Å². The molecule has 0 aliphatic carbocycles. The zero-order valence-electron chi connectivity index (χ0n) is 11.6. The Morgan fingerprint density at radius 2 is 1.94 bits per heavy atom. The molecule has 0 aliphatic heterocycles. The van der Waals surface area contributed by atoms with Gasteiger partial charge in [0, 0.05) is 11.6 Å². The number of hydrogen-bond donors (Lipinski definition) is 0. The number of carbonyl (C=O) groups is 1. The van der Waals surface area contributed by atoms with Gasteiger partial charge in [-0.25, -0.2) is 0 Å². The van der Waals surface area contributed by atoms with Crippen LogP contribution >= 0.6 is 0 Å². The lowest BCUT2D eigenvalue weighted by atomic mass is 10.0. The molecular weight excluding hydrogens is 210 g/mol. The van der Waals surface area contributed by atoms with Gasteiger partial charge in [0.2, 0.25) is 0 Å². The van der Waals surface area contributed by atoms with E-state index in [0.717, 1.165) is 17.7 Å². The van der Waals surface area contributed by atoms with Gasteiger partial charge in [0.25, 0.3) is 0 Å². The highest BCUT2D eigenvalue weighted by Gasteiger charge is 2.15. The average molecular weight is 233 g/mol. The van der Waals surface area contributed by atoms with Crippen LogP contribution in [-0.4, -0.2) is 29.8 Å². The number of likely N-dealkylation sites (N-methyl/N-ethyl adjacent to an activating group) is 1. The molecule has 0 heterocycles. The SMILES string of the molecule is CCN(CC(=O)c1ccc(C)cc1C)C(C)C. The zero-order chi connectivity index (χ0) is 13.0. The molecule has 2 heteroatoms. The van der Waals surface area contributed by atoms with Crippen molar-refractivity contribution in [3.05, 3.63) is 34.9 Å². The Bertz CT molecular complexity index is 396. The molecule has 17 heavy (non-hydrogen) atoms. The number of nitrogens with zero attached hydrogens (tertiary/aromatic N) is 1. The maximum atomic E-state index is 12.2. The van der Waals surface area contributed by atoms with Gasteiger partial charge in [0.15, 0.2) is 5.78 Å². The summed E-state index contributed by atoms with van der Waals surface area (Å²) in [5.74, 6) is 0.220. The van der Waals surface area contributed by atoms with E-state index in [2.05, 4.69) is 31.7 Å². The Kier molecular flexibility index (Phi) is 4.88. The number of ketones is 1. The second kappa shape index (κ2) is 5.97. The van der Waals surface area contributed by atoms with Gasteiger partial charge < -0.3 is 0 Å². The molecular formula is C15H23NO. The van der Waals surface area contributed by atoms with E-state index < -0.39 is 0 Å². The minimum absolute atomic E-state index is 0.220. The van der Waals surface area contributed by atoms with Crippen LogP contribution < -0.4 is 0 Å². The van der Waals surface area contributed by atoms with Gasteiger partial charge in [-0.3, -0.25) is 9.69 Å². The van der Waals surface area contributed by atoms with E-state index in [9.17, 15) is 4.79 Å². The molecule has 0 amide bonds. The van der Waals surface area contributed by atoms with E-state index in [0.29, 0.717) is 12.6 Å². The van der Waals surface area contributed by atoms with Crippen molar-refractivity contribution < 1.29 is 4.79 Å². The molecule has 2 nitrogen and oxygen atoms in total. The highest BCUT2D eigenvalue weighted by molar-refractivity contribution is 5.99. The summed E-state index contributed by atoms with van der Waals surface area (Å²) in [5, 5.41) is 0. The molecule has 0 unspecified atom stereocenters. The number of rotatable bonds is 5. The number of Topliss-reactive ketones (excluding diaryl/α,β-unsaturated/α-hetero) is 1. The first-order valence-electron chi connectivity index (χ1n) is 6.30. The van der Waals surface area contributed by atoms with Gasteiger partial charge in [-0.05, 0) is 39.8 Å². The Balaban J connectivity index is 2.82. The van der Waals surface area contributed by atoms with Crippen molar-refractivity contribution in [2.24, 2.45) is 0 Å². The van der Waals surface area contributed by atoms with Crippen LogP contribution in [0.15, 0.2) is 18.2 Å². The Labute approximate surface area is 105 Å². The summed E-state index contributed by atoms with van der Waals surface area (Å²) in [4.78, 5) is 14.4. The van der Waals surface area contributed by atoms with Crippen LogP contribution in [0.4, 0.5) is 0 Å². The normalized spacial score (nSPS) is 11.2. The number of aryl methyl sites for hydroxylation is 2. The largest absolute Gasteiger partial charge is 0.294 e. The summed E-state index contributed by atoms with van der Waals surface area (Å²) in [6, 6.07) is 6.43. The van der Waals surface area contributed by atoms with E-state index in [1.807, 2.05) is 26.0 Å².